The van der Waals surface area contributed by atoms with Gasteiger partial charge in [0.15, 0.2) is 5.82 Å². The van der Waals surface area contributed by atoms with Gasteiger partial charge >= 0.3 is 6.09 Å². The average molecular weight is 397 g/mol. The number of ether oxygens (including phenoxy) is 1. The number of carbonyl (C=O) groups excluding carboxylic acids is 1. The molecule has 1 fully saturated rings. The number of para-hydroxylation sites is 1. The van der Waals surface area contributed by atoms with Gasteiger partial charge in [0.2, 0.25) is 0 Å². The van der Waals surface area contributed by atoms with Crippen LogP contribution < -0.4 is 4.90 Å². The van der Waals surface area contributed by atoms with Crippen molar-refractivity contribution in [2.24, 2.45) is 0 Å². The highest BCUT2D eigenvalue weighted by molar-refractivity contribution is 6.33. The second-order valence-electron chi connectivity index (χ2n) is 6.54. The van der Waals surface area contributed by atoms with Crippen LogP contribution in [0.5, 0.6) is 0 Å². The highest BCUT2D eigenvalue weighted by atomic mass is 35.5. The van der Waals surface area contributed by atoms with Gasteiger partial charge in [-0.05, 0) is 31.2 Å². The molecular formula is C21H21ClN4O2. The number of benzene rings is 2. The minimum atomic E-state index is -0.258. The Morgan fingerprint density at radius 1 is 1.04 bits per heavy atom. The average Bonchev–Trinajstić information content (AvgIpc) is 2.73. The molecule has 4 rings (SSSR count). The van der Waals surface area contributed by atoms with Crippen LogP contribution in [-0.4, -0.2) is 53.7 Å². The van der Waals surface area contributed by atoms with Gasteiger partial charge in [-0.2, -0.15) is 0 Å². The lowest BCUT2D eigenvalue weighted by Crippen LogP contribution is -2.49. The molecule has 144 valence electrons. The fourth-order valence-corrected chi connectivity index (χ4v) is 3.60. The third-order valence-corrected chi connectivity index (χ3v) is 5.13. The number of hydrogen-bond donors (Lipinski definition) is 0. The minimum Gasteiger partial charge on any atom is -0.450 e. The Morgan fingerprint density at radius 3 is 2.50 bits per heavy atom. The monoisotopic (exact) mass is 396 g/mol. The van der Waals surface area contributed by atoms with Crippen molar-refractivity contribution in [2.75, 3.05) is 37.7 Å². The summed E-state index contributed by atoms with van der Waals surface area (Å²) < 4.78 is 5.11. The maximum absolute atomic E-state index is 12.0. The topological polar surface area (TPSA) is 58.6 Å². The van der Waals surface area contributed by atoms with Gasteiger partial charge in [0.05, 0.1) is 17.1 Å². The van der Waals surface area contributed by atoms with Crippen molar-refractivity contribution in [3.05, 3.63) is 53.6 Å². The normalized spacial score (nSPS) is 14.4. The molecule has 1 aliphatic rings. The molecule has 7 heteroatoms. The van der Waals surface area contributed by atoms with E-state index in [1.54, 1.807) is 4.90 Å². The maximum Gasteiger partial charge on any atom is 0.409 e. The van der Waals surface area contributed by atoms with E-state index in [-0.39, 0.29) is 6.09 Å². The molecule has 28 heavy (non-hydrogen) atoms. The first-order valence-corrected chi connectivity index (χ1v) is 9.73. The highest BCUT2D eigenvalue weighted by Crippen LogP contribution is 2.31. The Balaban J connectivity index is 1.69. The second-order valence-corrected chi connectivity index (χ2v) is 6.95. The predicted octanol–water partition coefficient (Wildman–Crippen LogP) is 4.23. The second kappa shape index (κ2) is 8.02. The molecule has 6 nitrogen and oxygen atoms in total. The molecule has 2 heterocycles. The van der Waals surface area contributed by atoms with Gasteiger partial charge in [-0.3, -0.25) is 0 Å². The van der Waals surface area contributed by atoms with Crippen LogP contribution in [0.3, 0.4) is 0 Å². The molecule has 1 amide bonds. The summed E-state index contributed by atoms with van der Waals surface area (Å²) in [5.41, 5.74) is 1.68. The van der Waals surface area contributed by atoms with Crippen LogP contribution in [0.15, 0.2) is 48.5 Å². The van der Waals surface area contributed by atoms with Crippen LogP contribution in [0, 0.1) is 0 Å². The molecule has 0 aliphatic carbocycles. The fourth-order valence-electron chi connectivity index (χ4n) is 3.38. The van der Waals surface area contributed by atoms with Gasteiger partial charge < -0.3 is 14.5 Å². The van der Waals surface area contributed by atoms with Crippen LogP contribution in [0.1, 0.15) is 6.92 Å². The number of fused-ring (bicyclic) bond motifs is 1. The number of aromatic nitrogens is 2. The summed E-state index contributed by atoms with van der Waals surface area (Å²) in [6.07, 6.45) is -0.258. The minimum absolute atomic E-state index is 0.258. The molecule has 1 aromatic heterocycles. The molecule has 0 spiro atoms. The summed E-state index contributed by atoms with van der Waals surface area (Å²) in [4.78, 5) is 25.5. The Hall–Kier alpha value is -2.86. The summed E-state index contributed by atoms with van der Waals surface area (Å²) >= 11 is 6.38. The quantitative estimate of drug-likeness (QED) is 0.663. The van der Waals surface area contributed by atoms with E-state index >= 15 is 0 Å². The Morgan fingerprint density at radius 2 is 1.75 bits per heavy atom. The Kier molecular flexibility index (Phi) is 5.30. The van der Waals surface area contributed by atoms with E-state index in [1.165, 1.54) is 0 Å². The predicted molar refractivity (Wildman–Crippen MR) is 111 cm³/mol. The molecule has 0 bridgehead atoms. The van der Waals surface area contributed by atoms with Crippen molar-refractivity contribution in [2.45, 2.75) is 6.92 Å². The van der Waals surface area contributed by atoms with Crippen molar-refractivity contribution < 1.29 is 9.53 Å². The van der Waals surface area contributed by atoms with Crippen molar-refractivity contribution >= 4 is 34.4 Å². The van der Waals surface area contributed by atoms with E-state index in [0.29, 0.717) is 43.6 Å². The first-order valence-electron chi connectivity index (χ1n) is 9.35. The van der Waals surface area contributed by atoms with E-state index < -0.39 is 0 Å². The number of piperazine rings is 1. The van der Waals surface area contributed by atoms with E-state index in [9.17, 15) is 4.79 Å². The van der Waals surface area contributed by atoms with Crippen LogP contribution in [0.4, 0.5) is 10.6 Å². The molecule has 1 aliphatic heterocycles. The lowest BCUT2D eigenvalue weighted by atomic mass is 10.1. The molecule has 0 unspecified atom stereocenters. The van der Waals surface area contributed by atoms with E-state index in [0.717, 1.165) is 22.3 Å². The largest absolute Gasteiger partial charge is 0.450 e. The lowest BCUT2D eigenvalue weighted by Gasteiger charge is -2.35. The van der Waals surface area contributed by atoms with Crippen molar-refractivity contribution in [1.29, 1.82) is 0 Å². The SMILES string of the molecule is CCOC(=O)N1CCN(c2nc(-c3ccccc3Cl)nc3ccccc23)CC1. The van der Waals surface area contributed by atoms with Gasteiger partial charge in [0.25, 0.3) is 0 Å². The van der Waals surface area contributed by atoms with Crippen molar-refractivity contribution in [3.8, 4) is 11.4 Å². The van der Waals surface area contributed by atoms with Crippen LogP contribution in [-0.2, 0) is 4.74 Å². The van der Waals surface area contributed by atoms with Gasteiger partial charge in [-0.15, -0.1) is 0 Å². The van der Waals surface area contributed by atoms with E-state index in [2.05, 4.69) is 4.90 Å². The van der Waals surface area contributed by atoms with E-state index in [4.69, 9.17) is 26.3 Å². The summed E-state index contributed by atoms with van der Waals surface area (Å²) in [6, 6.07) is 15.5. The number of hydrogen-bond acceptors (Lipinski definition) is 5. The summed E-state index contributed by atoms with van der Waals surface area (Å²) in [5, 5.41) is 1.61. The summed E-state index contributed by atoms with van der Waals surface area (Å²) in [7, 11) is 0. The molecule has 0 radical (unpaired) electrons. The maximum atomic E-state index is 12.0. The van der Waals surface area contributed by atoms with Crippen molar-refractivity contribution in [1.82, 2.24) is 14.9 Å². The molecule has 0 atom stereocenters. The third-order valence-electron chi connectivity index (χ3n) is 4.80. The van der Waals surface area contributed by atoms with Crippen LogP contribution >= 0.6 is 11.6 Å². The van der Waals surface area contributed by atoms with Crippen LogP contribution in [0.2, 0.25) is 5.02 Å². The summed E-state index contributed by atoms with van der Waals surface area (Å²) in [5.74, 6) is 1.47. The fraction of sp³-hybridized carbons (Fsp3) is 0.286. The van der Waals surface area contributed by atoms with E-state index in [1.807, 2.05) is 55.5 Å². The number of amides is 1. The summed E-state index contributed by atoms with van der Waals surface area (Å²) in [6.45, 7) is 4.76. The molecule has 3 aromatic rings. The van der Waals surface area contributed by atoms with Crippen LogP contribution in [0.25, 0.3) is 22.3 Å². The number of carbonyl (C=O) groups is 1. The highest BCUT2D eigenvalue weighted by Gasteiger charge is 2.24. The molecule has 2 aromatic carbocycles. The zero-order chi connectivity index (χ0) is 19.5. The smallest absolute Gasteiger partial charge is 0.409 e. The standard InChI is InChI=1S/C21H21ClN4O2/c1-2-28-21(27)26-13-11-25(12-14-26)20-16-8-4-6-10-18(16)23-19(24-20)15-7-3-5-9-17(15)22/h3-10H,2,11-14H2,1H3. The third kappa shape index (κ3) is 3.60. The molecule has 0 saturated carbocycles. The van der Waals surface area contributed by atoms with Crippen molar-refractivity contribution in [3.63, 3.8) is 0 Å². The Labute approximate surface area is 168 Å². The van der Waals surface area contributed by atoms with Gasteiger partial charge in [0.1, 0.15) is 5.82 Å². The zero-order valence-corrected chi connectivity index (χ0v) is 16.4. The zero-order valence-electron chi connectivity index (χ0n) is 15.6. The van der Waals surface area contributed by atoms with Gasteiger partial charge in [0, 0.05) is 37.1 Å². The number of nitrogens with zero attached hydrogens (tertiary/aromatic N) is 4. The Bertz CT molecular complexity index is 1000. The van der Waals surface area contributed by atoms with Gasteiger partial charge in [-0.1, -0.05) is 35.9 Å². The number of anilines is 1. The molecule has 1 saturated heterocycles. The number of halogens is 1. The molecule has 0 N–H and O–H groups in total. The first kappa shape index (κ1) is 18.5. The van der Waals surface area contributed by atoms with Gasteiger partial charge in [-0.25, -0.2) is 14.8 Å². The first-order chi connectivity index (χ1) is 13.7. The number of rotatable bonds is 3. The lowest BCUT2D eigenvalue weighted by molar-refractivity contribution is 0.105. The molecular weight excluding hydrogens is 376 g/mol.